The van der Waals surface area contributed by atoms with Crippen molar-refractivity contribution in [3.63, 3.8) is 0 Å². The predicted octanol–water partition coefficient (Wildman–Crippen LogP) is 3.28. The molecule has 4 rings (SSSR count). The number of hydrogen-bond acceptors (Lipinski definition) is 6. The number of halogens is 1. The van der Waals surface area contributed by atoms with E-state index in [4.69, 9.17) is 9.47 Å². The van der Waals surface area contributed by atoms with Crippen LogP contribution < -0.4 is 10.1 Å². The first kappa shape index (κ1) is 23.5. The Bertz CT molecular complexity index is 1070. The largest absolute Gasteiger partial charge is 0.496 e. The molecule has 0 radical (unpaired) electrons. The lowest BCUT2D eigenvalue weighted by Crippen LogP contribution is -2.19. The van der Waals surface area contributed by atoms with Crippen LogP contribution in [0.25, 0.3) is 0 Å². The molecule has 0 unspecified atom stereocenters. The number of ether oxygens (including phenoxy) is 2. The number of hydrogen-bond donors (Lipinski definition) is 1. The minimum Gasteiger partial charge on any atom is -0.496 e. The van der Waals surface area contributed by atoms with E-state index in [2.05, 4.69) is 10.3 Å². The monoisotopic (exact) mass is 468 g/mol. The van der Waals surface area contributed by atoms with Gasteiger partial charge < -0.3 is 14.8 Å². The average Bonchev–Trinajstić information content (AvgIpc) is 3.45. The summed E-state index contributed by atoms with van der Waals surface area (Å²) in [5, 5.41) is 2.62. The highest BCUT2D eigenvalue weighted by Gasteiger charge is 2.29. The van der Waals surface area contributed by atoms with Crippen LogP contribution in [0.3, 0.4) is 0 Å². The van der Waals surface area contributed by atoms with Crippen molar-refractivity contribution in [1.29, 1.82) is 0 Å². The van der Waals surface area contributed by atoms with Crippen molar-refractivity contribution in [2.45, 2.75) is 30.1 Å². The van der Waals surface area contributed by atoms with Gasteiger partial charge in [0.2, 0.25) is 0 Å². The van der Waals surface area contributed by atoms with Crippen LogP contribution in [0.1, 0.15) is 41.2 Å². The van der Waals surface area contributed by atoms with Crippen LogP contribution in [-0.4, -0.2) is 45.4 Å². The summed E-state index contributed by atoms with van der Waals surface area (Å²) in [5.41, 5.74) is 0.412. The Balaban J connectivity index is 0.00000272. The smallest absolute Gasteiger partial charge is 0.260 e. The Morgan fingerprint density at radius 3 is 2.68 bits per heavy atom. The SMILES string of the molecule is COc1ccc(S(=O)(=O)C[C@H]2CCOC2)cc1C(=O)Nc1ccc(F)c(C2CC2)n1.S. The third kappa shape index (κ3) is 5.36. The number of aromatic nitrogens is 1. The highest BCUT2D eigenvalue weighted by Crippen LogP contribution is 2.40. The zero-order chi connectivity index (χ0) is 21.3. The number of nitrogens with zero attached hydrogens (tertiary/aromatic N) is 1. The number of rotatable bonds is 7. The molecule has 1 saturated heterocycles. The third-order valence-corrected chi connectivity index (χ3v) is 7.21. The number of methoxy groups -OCH3 is 1. The fourth-order valence-corrected chi connectivity index (χ4v) is 5.18. The van der Waals surface area contributed by atoms with Crippen molar-refractivity contribution in [3.05, 3.63) is 47.4 Å². The van der Waals surface area contributed by atoms with Crippen LogP contribution in [-0.2, 0) is 14.6 Å². The standard InChI is InChI=1S/C21H23FN2O5S.H2S/c1-28-18-6-4-15(30(26,27)12-13-8-9-29-11-13)10-16(18)21(25)24-19-7-5-17(22)20(23-19)14-2-3-14;/h4-7,10,13-14H,2-3,8-9,11-12H2,1H3,(H,23,24,25);1H2/t13-;/m0./s1. The lowest BCUT2D eigenvalue weighted by molar-refractivity contribution is 0.102. The van der Waals surface area contributed by atoms with Crippen molar-refractivity contribution < 1.29 is 27.1 Å². The van der Waals surface area contributed by atoms with Gasteiger partial charge >= 0.3 is 0 Å². The highest BCUT2D eigenvalue weighted by molar-refractivity contribution is 7.91. The molecular weight excluding hydrogens is 443 g/mol. The average molecular weight is 469 g/mol. The highest BCUT2D eigenvalue weighted by atomic mass is 32.2. The molecule has 1 N–H and O–H groups in total. The van der Waals surface area contributed by atoms with Crippen molar-refractivity contribution in [1.82, 2.24) is 4.98 Å². The summed E-state index contributed by atoms with van der Waals surface area (Å²) in [6, 6.07) is 6.86. The first-order valence-corrected chi connectivity index (χ1v) is 11.5. The summed E-state index contributed by atoms with van der Waals surface area (Å²) in [6.45, 7) is 0.978. The first-order chi connectivity index (χ1) is 14.4. The van der Waals surface area contributed by atoms with E-state index in [0.29, 0.717) is 25.3 Å². The van der Waals surface area contributed by atoms with Gasteiger partial charge in [0.15, 0.2) is 9.84 Å². The van der Waals surface area contributed by atoms with Crippen molar-refractivity contribution in [3.8, 4) is 5.75 Å². The normalized spacial score (nSPS) is 18.3. The predicted molar refractivity (Wildman–Crippen MR) is 118 cm³/mol. The topological polar surface area (TPSA) is 94.6 Å². The number of anilines is 1. The number of sulfone groups is 1. The van der Waals surface area contributed by atoms with Gasteiger partial charge in [0.05, 0.1) is 35.6 Å². The zero-order valence-corrected chi connectivity index (χ0v) is 18.9. The summed E-state index contributed by atoms with van der Waals surface area (Å²) in [6.07, 6.45) is 2.45. The van der Waals surface area contributed by atoms with E-state index < -0.39 is 21.6 Å². The molecule has 7 nitrogen and oxygen atoms in total. The molecule has 2 heterocycles. The molecule has 2 fully saturated rings. The van der Waals surface area contributed by atoms with Gasteiger partial charge in [-0.1, -0.05) is 0 Å². The molecule has 1 saturated carbocycles. The number of carbonyl (C=O) groups excluding carboxylic acids is 1. The molecule has 0 bridgehead atoms. The molecule has 2 aromatic rings. The second-order valence-electron chi connectivity index (χ2n) is 7.67. The van der Waals surface area contributed by atoms with Crippen LogP contribution in [0.15, 0.2) is 35.2 Å². The number of carbonyl (C=O) groups is 1. The fourth-order valence-electron chi connectivity index (χ4n) is 3.53. The van der Waals surface area contributed by atoms with Gasteiger partial charge in [0, 0.05) is 12.5 Å². The Hall–Kier alpha value is -2.17. The molecule has 1 aliphatic carbocycles. The van der Waals surface area contributed by atoms with E-state index in [9.17, 15) is 17.6 Å². The zero-order valence-electron chi connectivity index (χ0n) is 17.1. The van der Waals surface area contributed by atoms with E-state index in [0.717, 1.165) is 12.8 Å². The van der Waals surface area contributed by atoms with Crippen LogP contribution in [0.4, 0.5) is 10.2 Å². The number of pyridine rings is 1. The second-order valence-corrected chi connectivity index (χ2v) is 9.70. The first-order valence-electron chi connectivity index (χ1n) is 9.83. The van der Waals surface area contributed by atoms with Gasteiger partial charge in [0.25, 0.3) is 5.91 Å². The van der Waals surface area contributed by atoms with Crippen molar-refractivity contribution in [2.75, 3.05) is 31.4 Å². The molecule has 1 aromatic carbocycles. The Labute approximate surface area is 187 Å². The number of amides is 1. The van der Waals surface area contributed by atoms with E-state index in [-0.39, 0.29) is 53.1 Å². The molecular formula is C21H25FN2O5S2. The molecule has 168 valence electrons. The van der Waals surface area contributed by atoms with Crippen LogP contribution >= 0.6 is 13.5 Å². The number of nitrogens with one attached hydrogen (secondary N) is 1. The van der Waals surface area contributed by atoms with Gasteiger partial charge in [-0.15, -0.1) is 0 Å². The molecule has 1 aliphatic heterocycles. The number of benzene rings is 1. The Morgan fingerprint density at radius 1 is 1.26 bits per heavy atom. The van der Waals surface area contributed by atoms with Crippen molar-refractivity contribution >= 4 is 35.1 Å². The van der Waals surface area contributed by atoms with Gasteiger partial charge in [-0.25, -0.2) is 17.8 Å². The van der Waals surface area contributed by atoms with Crippen LogP contribution in [0.5, 0.6) is 5.75 Å². The maximum absolute atomic E-state index is 13.9. The fraction of sp³-hybridized carbons (Fsp3) is 0.429. The van der Waals surface area contributed by atoms with E-state index in [1.54, 1.807) is 0 Å². The summed E-state index contributed by atoms with van der Waals surface area (Å²) < 4.78 is 50.0. The molecule has 31 heavy (non-hydrogen) atoms. The van der Waals surface area contributed by atoms with Gasteiger partial charge in [-0.3, -0.25) is 4.79 Å². The van der Waals surface area contributed by atoms with Crippen LogP contribution in [0.2, 0.25) is 0 Å². The van der Waals surface area contributed by atoms with Gasteiger partial charge in [0.1, 0.15) is 17.4 Å². The molecule has 1 atom stereocenters. The summed E-state index contributed by atoms with van der Waals surface area (Å²) >= 11 is 0. The van der Waals surface area contributed by atoms with Gasteiger partial charge in [-0.05, 0) is 55.5 Å². The maximum Gasteiger partial charge on any atom is 0.260 e. The third-order valence-electron chi connectivity index (χ3n) is 5.33. The summed E-state index contributed by atoms with van der Waals surface area (Å²) in [4.78, 5) is 17.1. The lowest BCUT2D eigenvalue weighted by atomic mass is 10.2. The van der Waals surface area contributed by atoms with E-state index >= 15 is 0 Å². The minimum absolute atomic E-state index is 0. The Morgan fingerprint density at radius 2 is 2.03 bits per heavy atom. The molecule has 1 amide bonds. The van der Waals surface area contributed by atoms with Gasteiger partial charge in [-0.2, -0.15) is 13.5 Å². The Kier molecular flexibility index (Phi) is 7.23. The summed E-state index contributed by atoms with van der Waals surface area (Å²) in [7, 11) is -2.19. The minimum atomic E-state index is -3.59. The maximum atomic E-state index is 13.9. The molecule has 1 aromatic heterocycles. The molecule has 10 heteroatoms. The van der Waals surface area contributed by atoms with E-state index in [1.807, 2.05) is 0 Å². The lowest BCUT2D eigenvalue weighted by Gasteiger charge is -2.13. The van der Waals surface area contributed by atoms with Crippen molar-refractivity contribution in [2.24, 2.45) is 5.92 Å². The summed E-state index contributed by atoms with van der Waals surface area (Å²) in [5.74, 6) is -0.527. The van der Waals surface area contributed by atoms with E-state index in [1.165, 1.54) is 37.4 Å². The second kappa shape index (κ2) is 9.54. The molecule has 0 spiro atoms. The van der Waals surface area contributed by atoms with Crippen LogP contribution in [0, 0.1) is 11.7 Å². The quantitative estimate of drug-likeness (QED) is 0.670. The molecule has 2 aliphatic rings.